The van der Waals surface area contributed by atoms with Crippen LogP contribution in [-0.2, 0) is 25.8 Å². The minimum atomic E-state index is -4.74. The molecule has 0 saturated heterocycles. The quantitative estimate of drug-likeness (QED) is 0.320. The van der Waals surface area contributed by atoms with Crippen molar-refractivity contribution in [1.29, 1.82) is 0 Å². The first-order valence-electron chi connectivity index (χ1n) is 12.0. The summed E-state index contributed by atoms with van der Waals surface area (Å²) in [5.74, 6) is -0.643. The van der Waals surface area contributed by atoms with Gasteiger partial charge < -0.3 is 10.1 Å². The maximum absolute atomic E-state index is 13.1. The SMILES string of the molecule is CS(=O)(=O)N(CC(=O)N/N=C/c1ccc(OCC(=O)NC2CCCCC2)cc1)c1cc(C(F)(F)F)ccc1Cl. The highest BCUT2D eigenvalue weighted by Crippen LogP contribution is 2.36. The summed E-state index contributed by atoms with van der Waals surface area (Å²) in [4.78, 5) is 24.4. The average molecular weight is 589 g/mol. The highest BCUT2D eigenvalue weighted by atomic mass is 35.5. The minimum Gasteiger partial charge on any atom is -0.484 e. The Morgan fingerprint density at radius 3 is 2.38 bits per heavy atom. The smallest absolute Gasteiger partial charge is 0.416 e. The number of hydrazone groups is 1. The fourth-order valence-corrected chi connectivity index (χ4v) is 5.05. The molecule has 0 aromatic heterocycles. The number of benzene rings is 2. The number of rotatable bonds is 10. The number of anilines is 1. The molecule has 0 aliphatic heterocycles. The zero-order chi connectivity index (χ0) is 28.6. The van der Waals surface area contributed by atoms with Crippen molar-refractivity contribution in [2.24, 2.45) is 5.10 Å². The third-order valence-corrected chi connectivity index (χ3v) is 7.30. The van der Waals surface area contributed by atoms with E-state index in [-0.39, 0.29) is 23.6 Å². The van der Waals surface area contributed by atoms with E-state index in [1.54, 1.807) is 24.3 Å². The van der Waals surface area contributed by atoms with Crippen molar-refractivity contribution in [1.82, 2.24) is 10.7 Å². The molecule has 1 aliphatic carbocycles. The highest BCUT2D eigenvalue weighted by molar-refractivity contribution is 7.92. The molecule has 3 rings (SSSR count). The van der Waals surface area contributed by atoms with Crippen molar-refractivity contribution >= 4 is 45.3 Å². The lowest BCUT2D eigenvalue weighted by Crippen LogP contribution is -2.39. The van der Waals surface area contributed by atoms with Gasteiger partial charge >= 0.3 is 6.18 Å². The molecule has 0 spiro atoms. The van der Waals surface area contributed by atoms with Gasteiger partial charge in [-0.1, -0.05) is 30.9 Å². The van der Waals surface area contributed by atoms with E-state index in [2.05, 4.69) is 15.8 Å². The molecule has 0 bridgehead atoms. The fraction of sp³-hybridized carbons (Fsp3) is 0.400. The summed E-state index contributed by atoms with van der Waals surface area (Å²) < 4.78 is 69.7. The molecular weight excluding hydrogens is 561 g/mol. The molecule has 39 heavy (non-hydrogen) atoms. The molecule has 1 fully saturated rings. The number of hydrogen-bond acceptors (Lipinski definition) is 6. The number of carbonyl (C=O) groups is 2. The van der Waals surface area contributed by atoms with Crippen LogP contribution in [0.5, 0.6) is 5.75 Å². The first kappa shape index (κ1) is 30.2. The van der Waals surface area contributed by atoms with Crippen LogP contribution in [0.2, 0.25) is 5.02 Å². The van der Waals surface area contributed by atoms with E-state index >= 15 is 0 Å². The van der Waals surface area contributed by atoms with Crippen LogP contribution in [0.1, 0.15) is 43.2 Å². The lowest BCUT2D eigenvalue weighted by Gasteiger charge is -2.23. The summed E-state index contributed by atoms with van der Waals surface area (Å²) in [6.07, 6.45) is 2.63. The molecule has 0 radical (unpaired) electrons. The number of hydrogen-bond donors (Lipinski definition) is 2. The van der Waals surface area contributed by atoms with Crippen molar-refractivity contribution in [3.8, 4) is 5.75 Å². The minimum absolute atomic E-state index is 0.118. The number of alkyl halides is 3. The predicted molar refractivity (Wildman–Crippen MR) is 141 cm³/mol. The Morgan fingerprint density at radius 2 is 1.77 bits per heavy atom. The molecule has 1 saturated carbocycles. The molecule has 9 nitrogen and oxygen atoms in total. The van der Waals surface area contributed by atoms with E-state index in [9.17, 15) is 31.2 Å². The topological polar surface area (TPSA) is 117 Å². The zero-order valence-electron chi connectivity index (χ0n) is 21.0. The van der Waals surface area contributed by atoms with Gasteiger partial charge in [0.15, 0.2) is 6.61 Å². The van der Waals surface area contributed by atoms with Crippen LogP contribution >= 0.6 is 11.6 Å². The number of halogens is 4. The summed E-state index contributed by atoms with van der Waals surface area (Å²) in [6, 6.07) is 8.82. The maximum Gasteiger partial charge on any atom is 0.416 e. The number of sulfonamides is 1. The first-order chi connectivity index (χ1) is 18.3. The molecule has 2 amide bonds. The normalized spacial score (nSPS) is 14.7. The van der Waals surface area contributed by atoms with Gasteiger partial charge in [0.25, 0.3) is 11.8 Å². The Bertz CT molecular complexity index is 1300. The summed E-state index contributed by atoms with van der Waals surface area (Å²) in [6.45, 7) is -0.973. The van der Waals surface area contributed by atoms with Gasteiger partial charge in [-0.15, -0.1) is 0 Å². The van der Waals surface area contributed by atoms with E-state index < -0.39 is 39.9 Å². The van der Waals surface area contributed by atoms with Crippen molar-refractivity contribution in [2.45, 2.75) is 44.3 Å². The van der Waals surface area contributed by atoms with Crippen LogP contribution in [0, 0.1) is 0 Å². The molecule has 0 heterocycles. The van der Waals surface area contributed by atoms with E-state index in [0.29, 0.717) is 27.8 Å². The van der Waals surface area contributed by atoms with Crippen LogP contribution in [-0.4, -0.2) is 51.9 Å². The Kier molecular flexibility index (Phi) is 10.2. The second kappa shape index (κ2) is 13.2. The maximum atomic E-state index is 13.1. The second-order valence-corrected chi connectivity index (χ2v) is 11.3. The van der Waals surface area contributed by atoms with Gasteiger partial charge in [0.2, 0.25) is 10.0 Å². The van der Waals surface area contributed by atoms with Crippen molar-refractivity contribution in [3.63, 3.8) is 0 Å². The van der Waals surface area contributed by atoms with Crippen LogP contribution in [0.25, 0.3) is 0 Å². The van der Waals surface area contributed by atoms with Crippen LogP contribution in [0.4, 0.5) is 18.9 Å². The largest absolute Gasteiger partial charge is 0.484 e. The van der Waals surface area contributed by atoms with Gasteiger partial charge in [-0.05, 0) is 60.9 Å². The second-order valence-electron chi connectivity index (χ2n) is 8.99. The molecule has 0 unspecified atom stereocenters. The van der Waals surface area contributed by atoms with Gasteiger partial charge in [0.1, 0.15) is 12.3 Å². The predicted octanol–water partition coefficient (Wildman–Crippen LogP) is 4.10. The highest BCUT2D eigenvalue weighted by Gasteiger charge is 2.33. The first-order valence-corrected chi connectivity index (χ1v) is 14.2. The zero-order valence-corrected chi connectivity index (χ0v) is 22.6. The third-order valence-electron chi connectivity index (χ3n) is 5.85. The van der Waals surface area contributed by atoms with Crippen molar-refractivity contribution in [2.75, 3.05) is 23.7 Å². The Labute approximate surface area is 229 Å². The van der Waals surface area contributed by atoms with Crippen LogP contribution < -0.4 is 19.8 Å². The summed E-state index contributed by atoms with van der Waals surface area (Å²) in [5, 5.41) is 6.44. The van der Waals surface area contributed by atoms with Crippen molar-refractivity contribution < 1.29 is 35.9 Å². The van der Waals surface area contributed by atoms with E-state index in [1.165, 1.54) is 12.6 Å². The lowest BCUT2D eigenvalue weighted by atomic mass is 9.95. The number of nitrogens with zero attached hydrogens (tertiary/aromatic N) is 2. The summed E-state index contributed by atoms with van der Waals surface area (Å²) in [5.41, 5.74) is 1.08. The number of amides is 2. The molecule has 212 valence electrons. The molecular formula is C25H28ClF3N4O5S. The standard InChI is InChI=1S/C25H28ClF3N4O5S/c1-39(36,37)33(22-13-18(25(27,28)29)9-12-21(22)26)15-23(34)32-30-14-17-7-10-20(11-8-17)38-16-24(35)31-19-5-3-2-4-6-19/h7-14,19H,2-6,15-16H2,1H3,(H,31,35)(H,32,34)/b30-14+. The fourth-order valence-electron chi connectivity index (χ4n) is 3.92. The van der Waals surface area contributed by atoms with Gasteiger partial charge in [-0.3, -0.25) is 13.9 Å². The number of ether oxygens (including phenoxy) is 1. The van der Waals surface area contributed by atoms with Gasteiger partial charge in [-0.2, -0.15) is 18.3 Å². The average Bonchev–Trinajstić information content (AvgIpc) is 2.86. The van der Waals surface area contributed by atoms with Gasteiger partial charge in [0, 0.05) is 6.04 Å². The number of nitrogens with one attached hydrogen (secondary N) is 2. The molecule has 2 aromatic rings. The summed E-state index contributed by atoms with van der Waals surface area (Å²) >= 11 is 5.94. The molecule has 1 aliphatic rings. The van der Waals surface area contributed by atoms with Crippen molar-refractivity contribution in [3.05, 3.63) is 58.6 Å². The van der Waals surface area contributed by atoms with Gasteiger partial charge in [0.05, 0.1) is 28.7 Å². The monoisotopic (exact) mass is 588 g/mol. The molecule has 0 atom stereocenters. The number of carbonyl (C=O) groups excluding carboxylic acids is 2. The molecule has 2 N–H and O–H groups in total. The molecule has 14 heteroatoms. The van der Waals surface area contributed by atoms with E-state index in [0.717, 1.165) is 38.0 Å². The van der Waals surface area contributed by atoms with Gasteiger partial charge in [-0.25, -0.2) is 13.8 Å². The Hall–Kier alpha value is -3.32. The Balaban J connectivity index is 1.54. The van der Waals surface area contributed by atoms with E-state index in [1.807, 2.05) is 0 Å². The lowest BCUT2D eigenvalue weighted by molar-refractivity contribution is -0.137. The summed E-state index contributed by atoms with van der Waals surface area (Å²) in [7, 11) is -4.17. The molecule has 2 aromatic carbocycles. The Morgan fingerprint density at radius 1 is 1.10 bits per heavy atom. The van der Waals surface area contributed by atoms with Crippen LogP contribution in [0.15, 0.2) is 47.6 Å². The van der Waals surface area contributed by atoms with E-state index in [4.69, 9.17) is 16.3 Å². The van der Waals surface area contributed by atoms with Crippen LogP contribution in [0.3, 0.4) is 0 Å². The third kappa shape index (κ3) is 9.43.